The molecule has 7 heteroatoms. The van der Waals surface area contributed by atoms with E-state index in [0.29, 0.717) is 11.3 Å². The number of carbonyl (C=O) groups is 2. The van der Waals surface area contributed by atoms with Gasteiger partial charge in [-0.15, -0.1) is 0 Å². The van der Waals surface area contributed by atoms with Crippen molar-refractivity contribution in [3.8, 4) is 0 Å². The van der Waals surface area contributed by atoms with Crippen LogP contribution in [0.2, 0.25) is 0 Å². The van der Waals surface area contributed by atoms with Crippen molar-refractivity contribution in [2.75, 3.05) is 17.2 Å². The van der Waals surface area contributed by atoms with Crippen molar-refractivity contribution in [1.82, 2.24) is 0 Å². The van der Waals surface area contributed by atoms with Gasteiger partial charge in [0.1, 0.15) is 0 Å². The SMILES string of the molecule is CC(=O)c1ccc(NC(=O)CNc2ccccc2C(F)(F)F)cc1. The van der Waals surface area contributed by atoms with Crippen molar-refractivity contribution in [3.63, 3.8) is 0 Å². The van der Waals surface area contributed by atoms with Gasteiger partial charge in [0.2, 0.25) is 5.91 Å². The first-order valence-electron chi connectivity index (χ1n) is 7.08. The second-order valence-electron chi connectivity index (χ2n) is 5.08. The van der Waals surface area contributed by atoms with Crippen LogP contribution in [0.1, 0.15) is 22.8 Å². The molecule has 0 saturated heterocycles. The molecule has 126 valence electrons. The summed E-state index contributed by atoms with van der Waals surface area (Å²) in [6.45, 7) is 1.11. The lowest BCUT2D eigenvalue weighted by Crippen LogP contribution is -2.23. The van der Waals surface area contributed by atoms with Gasteiger partial charge in [0.05, 0.1) is 12.1 Å². The predicted molar refractivity (Wildman–Crippen MR) is 85.0 cm³/mol. The molecule has 0 saturated carbocycles. The Morgan fingerprint density at radius 1 is 1.00 bits per heavy atom. The van der Waals surface area contributed by atoms with Gasteiger partial charge in [-0.05, 0) is 43.3 Å². The number of benzene rings is 2. The molecule has 0 fully saturated rings. The van der Waals surface area contributed by atoms with Crippen LogP contribution in [-0.2, 0) is 11.0 Å². The van der Waals surface area contributed by atoms with Crippen molar-refractivity contribution in [2.24, 2.45) is 0 Å². The smallest absolute Gasteiger partial charge is 0.376 e. The molecule has 2 aromatic rings. The van der Waals surface area contributed by atoms with Crippen molar-refractivity contribution in [2.45, 2.75) is 13.1 Å². The Kier molecular flexibility index (Phi) is 5.23. The van der Waals surface area contributed by atoms with E-state index >= 15 is 0 Å². The summed E-state index contributed by atoms with van der Waals surface area (Å²) >= 11 is 0. The summed E-state index contributed by atoms with van der Waals surface area (Å²) in [5.41, 5.74) is -0.0307. The molecule has 2 N–H and O–H groups in total. The Morgan fingerprint density at radius 2 is 1.62 bits per heavy atom. The lowest BCUT2D eigenvalue weighted by molar-refractivity contribution is -0.137. The van der Waals surface area contributed by atoms with Gasteiger partial charge in [-0.3, -0.25) is 9.59 Å². The number of para-hydroxylation sites is 1. The highest BCUT2D eigenvalue weighted by Gasteiger charge is 2.33. The predicted octanol–water partition coefficient (Wildman–Crippen LogP) is 3.96. The van der Waals surface area contributed by atoms with E-state index in [1.165, 1.54) is 25.1 Å². The number of carbonyl (C=O) groups excluding carboxylic acids is 2. The number of hydrogen-bond donors (Lipinski definition) is 2. The number of Topliss-reactive ketones (excluding diaryl/α,β-unsaturated/α-hetero) is 1. The zero-order chi connectivity index (χ0) is 17.7. The number of nitrogens with one attached hydrogen (secondary N) is 2. The van der Waals surface area contributed by atoms with Crippen LogP contribution in [0.25, 0.3) is 0 Å². The normalized spacial score (nSPS) is 11.0. The third kappa shape index (κ3) is 4.58. The maximum Gasteiger partial charge on any atom is 0.418 e. The van der Waals surface area contributed by atoms with E-state index in [4.69, 9.17) is 0 Å². The quantitative estimate of drug-likeness (QED) is 0.813. The maximum atomic E-state index is 12.9. The first kappa shape index (κ1) is 17.5. The van der Waals surface area contributed by atoms with Crippen molar-refractivity contribution >= 4 is 23.1 Å². The third-order valence-corrected chi connectivity index (χ3v) is 3.25. The molecular formula is C17H15F3N2O2. The van der Waals surface area contributed by atoms with E-state index in [-0.39, 0.29) is 18.0 Å². The first-order valence-corrected chi connectivity index (χ1v) is 7.08. The topological polar surface area (TPSA) is 58.2 Å². The van der Waals surface area contributed by atoms with Crippen molar-refractivity contribution in [1.29, 1.82) is 0 Å². The van der Waals surface area contributed by atoms with Crippen LogP contribution >= 0.6 is 0 Å². The van der Waals surface area contributed by atoms with Gasteiger partial charge in [-0.2, -0.15) is 13.2 Å². The summed E-state index contributed by atoms with van der Waals surface area (Å²) in [5.74, 6) is -0.596. The molecule has 1 amide bonds. The van der Waals surface area contributed by atoms with Crippen LogP contribution in [0.4, 0.5) is 24.5 Å². The Bertz CT molecular complexity index is 740. The third-order valence-electron chi connectivity index (χ3n) is 3.25. The fraction of sp³-hybridized carbons (Fsp3) is 0.176. The average Bonchev–Trinajstić information content (AvgIpc) is 2.53. The Morgan fingerprint density at radius 3 is 2.21 bits per heavy atom. The van der Waals surface area contributed by atoms with Gasteiger partial charge in [0.15, 0.2) is 5.78 Å². The van der Waals surface area contributed by atoms with Gasteiger partial charge in [0, 0.05) is 16.9 Å². The second-order valence-corrected chi connectivity index (χ2v) is 5.08. The molecule has 0 radical (unpaired) electrons. The fourth-order valence-electron chi connectivity index (χ4n) is 2.05. The van der Waals surface area contributed by atoms with E-state index in [1.807, 2.05) is 0 Å². The highest BCUT2D eigenvalue weighted by Crippen LogP contribution is 2.34. The molecule has 0 atom stereocenters. The van der Waals surface area contributed by atoms with Gasteiger partial charge in [-0.25, -0.2) is 0 Å². The maximum absolute atomic E-state index is 12.9. The van der Waals surface area contributed by atoms with Crippen molar-refractivity contribution in [3.05, 3.63) is 59.7 Å². The summed E-state index contributed by atoms with van der Waals surface area (Å²) < 4.78 is 38.6. The van der Waals surface area contributed by atoms with Crippen molar-refractivity contribution < 1.29 is 22.8 Å². The molecule has 0 aliphatic rings. The van der Waals surface area contributed by atoms with Gasteiger partial charge in [0.25, 0.3) is 0 Å². The number of amides is 1. The first-order chi connectivity index (χ1) is 11.3. The summed E-state index contributed by atoms with van der Waals surface area (Å²) in [6.07, 6.45) is -4.50. The molecule has 4 nitrogen and oxygen atoms in total. The molecule has 24 heavy (non-hydrogen) atoms. The molecule has 0 aliphatic heterocycles. The van der Waals surface area contributed by atoms with E-state index in [2.05, 4.69) is 10.6 Å². The van der Waals surface area contributed by atoms with Crippen LogP contribution in [-0.4, -0.2) is 18.2 Å². The van der Waals surface area contributed by atoms with Gasteiger partial charge < -0.3 is 10.6 Å². The standard InChI is InChI=1S/C17H15F3N2O2/c1-11(23)12-6-8-13(9-7-12)22-16(24)10-21-15-5-3-2-4-14(15)17(18,19)20/h2-9,21H,10H2,1H3,(H,22,24). The Hall–Kier alpha value is -2.83. The lowest BCUT2D eigenvalue weighted by atomic mass is 10.1. The van der Waals surface area contributed by atoms with Crippen LogP contribution in [0.5, 0.6) is 0 Å². The van der Waals surface area contributed by atoms with Crippen LogP contribution in [0, 0.1) is 0 Å². The number of hydrogen-bond acceptors (Lipinski definition) is 3. The van der Waals surface area contributed by atoms with E-state index in [0.717, 1.165) is 6.07 Å². The minimum absolute atomic E-state index is 0.0988. The summed E-state index contributed by atoms with van der Waals surface area (Å²) in [7, 11) is 0. The number of alkyl halides is 3. The average molecular weight is 336 g/mol. The Labute approximate surface area is 136 Å². The molecule has 0 bridgehead atoms. The summed E-state index contributed by atoms with van der Waals surface area (Å²) in [5, 5.41) is 5.03. The number of rotatable bonds is 5. The molecular weight excluding hydrogens is 321 g/mol. The summed E-state index contributed by atoms with van der Waals surface area (Å²) in [4.78, 5) is 23.0. The second kappa shape index (κ2) is 7.16. The molecule has 2 rings (SSSR count). The lowest BCUT2D eigenvalue weighted by Gasteiger charge is -2.14. The number of anilines is 2. The molecule has 0 heterocycles. The highest BCUT2D eigenvalue weighted by molar-refractivity contribution is 5.96. The van der Waals surface area contributed by atoms with Crippen LogP contribution in [0.15, 0.2) is 48.5 Å². The Balaban J connectivity index is 1.98. The molecule has 0 aliphatic carbocycles. The van der Waals surface area contributed by atoms with E-state index in [1.54, 1.807) is 24.3 Å². The number of halogens is 3. The largest absolute Gasteiger partial charge is 0.418 e. The van der Waals surface area contributed by atoms with Crippen LogP contribution < -0.4 is 10.6 Å². The highest BCUT2D eigenvalue weighted by atomic mass is 19.4. The zero-order valence-electron chi connectivity index (χ0n) is 12.8. The minimum atomic E-state index is -4.50. The minimum Gasteiger partial charge on any atom is -0.376 e. The fourth-order valence-corrected chi connectivity index (χ4v) is 2.05. The van der Waals surface area contributed by atoms with E-state index < -0.39 is 17.6 Å². The molecule has 0 aromatic heterocycles. The summed E-state index contributed by atoms with van der Waals surface area (Å²) in [6, 6.07) is 11.2. The number of ketones is 1. The molecule has 0 spiro atoms. The molecule has 0 unspecified atom stereocenters. The van der Waals surface area contributed by atoms with E-state index in [9.17, 15) is 22.8 Å². The van der Waals surface area contributed by atoms with Crippen LogP contribution in [0.3, 0.4) is 0 Å². The zero-order valence-corrected chi connectivity index (χ0v) is 12.8. The van der Waals surface area contributed by atoms with Gasteiger partial charge in [-0.1, -0.05) is 12.1 Å². The monoisotopic (exact) mass is 336 g/mol. The van der Waals surface area contributed by atoms with Gasteiger partial charge >= 0.3 is 6.18 Å². The molecule has 2 aromatic carbocycles.